The van der Waals surface area contributed by atoms with Crippen LogP contribution in [0.4, 0.5) is 0 Å². The van der Waals surface area contributed by atoms with Gasteiger partial charge in [0.2, 0.25) is 0 Å². The Morgan fingerprint density at radius 3 is 2.54 bits per heavy atom. The van der Waals surface area contributed by atoms with Crippen molar-refractivity contribution in [1.29, 1.82) is 0 Å². The third-order valence-electron chi connectivity index (χ3n) is 2.08. The minimum absolute atomic E-state index is 0.241. The number of carbonyl (C=O) groups is 1. The van der Waals surface area contributed by atoms with Gasteiger partial charge in [0.15, 0.2) is 0 Å². The molecule has 0 aliphatic heterocycles. The predicted octanol–water partition coefficient (Wildman–Crippen LogP) is 0.551. The van der Waals surface area contributed by atoms with E-state index < -0.39 is 5.41 Å². The second-order valence-electron chi connectivity index (χ2n) is 3.23. The molecule has 4 heteroatoms. The van der Waals surface area contributed by atoms with Crippen LogP contribution in [-0.2, 0) is 14.3 Å². The quantitative estimate of drug-likeness (QED) is 0.620. The Hall–Kier alpha value is -0.610. The van der Waals surface area contributed by atoms with Crippen LogP contribution in [0.3, 0.4) is 0 Å². The van der Waals surface area contributed by atoms with Gasteiger partial charge in [-0.15, -0.1) is 0 Å². The first-order valence-corrected chi connectivity index (χ1v) is 4.47. The van der Waals surface area contributed by atoms with Gasteiger partial charge in [-0.3, -0.25) is 4.79 Å². The molecule has 0 radical (unpaired) electrons. The minimum atomic E-state index is -0.605. The first kappa shape index (κ1) is 12.4. The maximum atomic E-state index is 11.4. The van der Waals surface area contributed by atoms with Gasteiger partial charge in [-0.2, -0.15) is 0 Å². The molecule has 13 heavy (non-hydrogen) atoms. The molecule has 1 atom stereocenters. The van der Waals surface area contributed by atoms with E-state index in [2.05, 4.69) is 0 Å². The Morgan fingerprint density at radius 2 is 2.15 bits per heavy atom. The fraction of sp³-hybridized carbons (Fsp3) is 0.889. The fourth-order valence-electron chi connectivity index (χ4n) is 0.920. The SMILES string of the molecule is CCOC(=O)C(C)(CN)CCOC. The number of nitrogens with two attached hydrogens (primary N) is 1. The number of methoxy groups -OCH3 is 1. The maximum absolute atomic E-state index is 11.4. The number of hydrogen-bond acceptors (Lipinski definition) is 4. The van der Waals surface area contributed by atoms with Crippen LogP contribution in [-0.4, -0.2) is 32.8 Å². The molecule has 0 aromatic carbocycles. The van der Waals surface area contributed by atoms with Crippen LogP contribution in [0.15, 0.2) is 0 Å². The molecule has 0 heterocycles. The minimum Gasteiger partial charge on any atom is -0.466 e. The van der Waals surface area contributed by atoms with E-state index in [1.165, 1.54) is 0 Å². The van der Waals surface area contributed by atoms with Crippen molar-refractivity contribution in [2.45, 2.75) is 20.3 Å². The summed E-state index contributed by atoms with van der Waals surface area (Å²) in [5.74, 6) is -0.241. The second kappa shape index (κ2) is 5.94. The normalized spacial score (nSPS) is 15.1. The molecule has 0 aliphatic carbocycles. The summed E-state index contributed by atoms with van der Waals surface area (Å²) in [4.78, 5) is 11.4. The van der Waals surface area contributed by atoms with Crippen molar-refractivity contribution in [3.63, 3.8) is 0 Å². The van der Waals surface area contributed by atoms with Crippen molar-refractivity contribution in [3.8, 4) is 0 Å². The molecule has 0 spiro atoms. The van der Waals surface area contributed by atoms with Gasteiger partial charge in [-0.1, -0.05) is 0 Å². The van der Waals surface area contributed by atoms with E-state index >= 15 is 0 Å². The van der Waals surface area contributed by atoms with Crippen LogP contribution < -0.4 is 5.73 Å². The van der Waals surface area contributed by atoms with E-state index in [4.69, 9.17) is 15.2 Å². The predicted molar refractivity (Wildman–Crippen MR) is 50.3 cm³/mol. The maximum Gasteiger partial charge on any atom is 0.313 e. The van der Waals surface area contributed by atoms with Gasteiger partial charge in [0.25, 0.3) is 0 Å². The van der Waals surface area contributed by atoms with Crippen LogP contribution in [0.5, 0.6) is 0 Å². The average molecular weight is 189 g/mol. The number of carbonyl (C=O) groups excluding carboxylic acids is 1. The Balaban J connectivity index is 4.16. The average Bonchev–Trinajstić information content (AvgIpc) is 2.14. The molecule has 0 aliphatic rings. The van der Waals surface area contributed by atoms with Gasteiger partial charge >= 0.3 is 5.97 Å². The molecule has 1 unspecified atom stereocenters. The summed E-state index contributed by atoms with van der Waals surface area (Å²) < 4.78 is 9.82. The van der Waals surface area contributed by atoms with Crippen LogP contribution in [0.25, 0.3) is 0 Å². The summed E-state index contributed by atoms with van der Waals surface area (Å²) in [7, 11) is 1.60. The largest absolute Gasteiger partial charge is 0.466 e. The lowest BCUT2D eigenvalue weighted by Gasteiger charge is -2.24. The lowest BCUT2D eigenvalue weighted by molar-refractivity contribution is -0.154. The first-order valence-electron chi connectivity index (χ1n) is 4.47. The Bertz CT molecular complexity index is 161. The number of rotatable bonds is 6. The van der Waals surface area contributed by atoms with Crippen molar-refractivity contribution < 1.29 is 14.3 Å². The van der Waals surface area contributed by atoms with Crippen molar-refractivity contribution in [3.05, 3.63) is 0 Å². The van der Waals surface area contributed by atoms with Crippen LogP contribution in [0.1, 0.15) is 20.3 Å². The summed E-state index contributed by atoms with van der Waals surface area (Å²) in [5.41, 5.74) is 4.92. The van der Waals surface area contributed by atoms with E-state index in [1.54, 1.807) is 21.0 Å². The van der Waals surface area contributed by atoms with Gasteiger partial charge in [0.05, 0.1) is 12.0 Å². The zero-order valence-electron chi connectivity index (χ0n) is 8.63. The Morgan fingerprint density at radius 1 is 1.54 bits per heavy atom. The number of esters is 1. The zero-order chi connectivity index (χ0) is 10.3. The second-order valence-corrected chi connectivity index (χ2v) is 3.23. The first-order chi connectivity index (χ1) is 6.10. The molecule has 78 valence electrons. The molecule has 0 rings (SSSR count). The summed E-state index contributed by atoms with van der Waals surface area (Å²) in [6, 6.07) is 0. The molecule has 4 nitrogen and oxygen atoms in total. The Kier molecular flexibility index (Phi) is 5.66. The molecular weight excluding hydrogens is 170 g/mol. The fourth-order valence-corrected chi connectivity index (χ4v) is 0.920. The third-order valence-corrected chi connectivity index (χ3v) is 2.08. The topological polar surface area (TPSA) is 61.5 Å². The highest BCUT2D eigenvalue weighted by atomic mass is 16.5. The van der Waals surface area contributed by atoms with Gasteiger partial charge in [0.1, 0.15) is 0 Å². The molecular formula is C9H19NO3. The van der Waals surface area contributed by atoms with Gasteiger partial charge < -0.3 is 15.2 Å². The van der Waals surface area contributed by atoms with Gasteiger partial charge in [-0.25, -0.2) is 0 Å². The highest BCUT2D eigenvalue weighted by Crippen LogP contribution is 2.21. The smallest absolute Gasteiger partial charge is 0.313 e. The van der Waals surface area contributed by atoms with Crippen molar-refractivity contribution in [2.24, 2.45) is 11.1 Å². The molecule has 0 saturated carbocycles. The third kappa shape index (κ3) is 3.74. The molecule has 0 fully saturated rings. The summed E-state index contributed by atoms with van der Waals surface area (Å²) in [6.07, 6.45) is 0.596. The molecule has 0 aromatic heterocycles. The molecule has 0 aromatic rings. The standard InChI is InChI=1S/C9H19NO3/c1-4-13-8(11)9(2,7-10)5-6-12-3/h4-7,10H2,1-3H3. The van der Waals surface area contributed by atoms with E-state index in [0.29, 0.717) is 19.6 Å². The lowest BCUT2D eigenvalue weighted by atomic mass is 9.87. The summed E-state index contributed by atoms with van der Waals surface area (Å²) in [6.45, 7) is 4.78. The molecule has 2 N–H and O–H groups in total. The highest BCUT2D eigenvalue weighted by molar-refractivity contribution is 5.76. The molecule has 0 amide bonds. The van der Waals surface area contributed by atoms with Crippen LogP contribution in [0.2, 0.25) is 0 Å². The summed E-state index contributed by atoms with van der Waals surface area (Å²) in [5, 5.41) is 0. The molecule has 0 bridgehead atoms. The van der Waals surface area contributed by atoms with E-state index in [-0.39, 0.29) is 12.5 Å². The highest BCUT2D eigenvalue weighted by Gasteiger charge is 2.32. The van der Waals surface area contributed by atoms with Crippen molar-refractivity contribution >= 4 is 5.97 Å². The van der Waals surface area contributed by atoms with Gasteiger partial charge in [-0.05, 0) is 20.3 Å². The van der Waals surface area contributed by atoms with Crippen LogP contribution >= 0.6 is 0 Å². The van der Waals surface area contributed by atoms with E-state index in [0.717, 1.165) is 0 Å². The van der Waals surface area contributed by atoms with E-state index in [9.17, 15) is 4.79 Å². The zero-order valence-corrected chi connectivity index (χ0v) is 8.63. The Labute approximate surface area is 79.4 Å². The van der Waals surface area contributed by atoms with Crippen molar-refractivity contribution in [2.75, 3.05) is 26.9 Å². The van der Waals surface area contributed by atoms with Crippen molar-refractivity contribution in [1.82, 2.24) is 0 Å². The number of hydrogen-bond donors (Lipinski definition) is 1. The molecule has 0 saturated heterocycles. The van der Waals surface area contributed by atoms with E-state index in [1.807, 2.05) is 0 Å². The van der Waals surface area contributed by atoms with Crippen LogP contribution in [0, 0.1) is 5.41 Å². The monoisotopic (exact) mass is 189 g/mol. The number of ether oxygens (including phenoxy) is 2. The summed E-state index contributed by atoms with van der Waals surface area (Å²) >= 11 is 0. The van der Waals surface area contributed by atoms with Gasteiger partial charge in [0, 0.05) is 20.3 Å². The lowest BCUT2D eigenvalue weighted by Crippen LogP contribution is -2.38.